The van der Waals surface area contributed by atoms with Crippen LogP contribution in [0.25, 0.3) is 20.9 Å². The lowest BCUT2D eigenvalue weighted by Crippen LogP contribution is -3.00. The van der Waals surface area contributed by atoms with Crippen LogP contribution in [0.2, 0.25) is 5.02 Å². The molecule has 1 aromatic heterocycles. The van der Waals surface area contributed by atoms with Crippen molar-refractivity contribution in [1.82, 2.24) is 4.90 Å². The molecular weight excluding hydrogens is 655 g/mol. The molecule has 5 rings (SSSR count). The van der Waals surface area contributed by atoms with Crippen molar-refractivity contribution < 1.29 is 30.6 Å². The molecule has 5 aromatic rings. The van der Waals surface area contributed by atoms with Crippen LogP contribution in [0, 0.1) is 19.7 Å². The number of nitrogens with zero attached hydrogens (tertiary/aromatic N) is 2. The summed E-state index contributed by atoms with van der Waals surface area (Å²) in [6.07, 6.45) is 1.88. The smallest absolute Gasteiger partial charge is 0.265 e. The van der Waals surface area contributed by atoms with Gasteiger partial charge >= 0.3 is 0 Å². The highest BCUT2D eigenvalue weighted by atomic mass is 79.9. The zero-order chi connectivity index (χ0) is 30.6. The maximum atomic E-state index is 14.6. The Labute approximate surface area is 280 Å². The highest BCUT2D eigenvalue weighted by Gasteiger charge is 2.26. The Morgan fingerprint density at radius 1 is 0.864 bits per heavy atom. The fourth-order valence-corrected chi connectivity index (χ4v) is 7.82. The molecule has 44 heavy (non-hydrogen) atoms. The van der Waals surface area contributed by atoms with E-state index in [1.165, 1.54) is 39.5 Å². The molecule has 0 saturated heterocycles. The monoisotopic (exact) mass is 694 g/mol. The lowest BCUT2D eigenvalue weighted by molar-refractivity contribution is -0.938. The normalized spacial score (nSPS) is 11.6. The van der Waals surface area contributed by atoms with Crippen LogP contribution < -0.4 is 17.0 Å². The van der Waals surface area contributed by atoms with Gasteiger partial charge in [-0.25, -0.2) is 4.39 Å². The van der Waals surface area contributed by atoms with E-state index in [0.29, 0.717) is 28.1 Å². The molecular formula is C37H41BrClFN2OS. The van der Waals surface area contributed by atoms with E-state index in [9.17, 15) is 9.18 Å². The van der Waals surface area contributed by atoms with Crippen LogP contribution in [-0.2, 0) is 13.1 Å². The molecule has 0 spiro atoms. The van der Waals surface area contributed by atoms with Gasteiger partial charge in [0.1, 0.15) is 17.2 Å². The SMILES string of the molecule is CC[N+](CC)(CCCCN(Cc1ccc2ccccc2c1)C(=O)c1sc2cccc(F)c2c1Cl)Cc1cc(C)cc(C)c1.[Br-]. The summed E-state index contributed by atoms with van der Waals surface area (Å²) in [5.74, 6) is -0.531. The maximum Gasteiger partial charge on any atom is 0.265 e. The number of rotatable bonds is 12. The molecule has 0 unspecified atom stereocenters. The van der Waals surface area contributed by atoms with E-state index in [1.807, 2.05) is 23.1 Å². The number of hydrogen-bond acceptors (Lipinski definition) is 2. The van der Waals surface area contributed by atoms with Crippen LogP contribution in [0.1, 0.15) is 58.6 Å². The summed E-state index contributed by atoms with van der Waals surface area (Å²) in [7, 11) is 0. The highest BCUT2D eigenvalue weighted by Crippen LogP contribution is 2.38. The number of aryl methyl sites for hydroxylation is 2. The fourth-order valence-electron chi connectivity index (χ4n) is 6.30. The van der Waals surface area contributed by atoms with E-state index in [4.69, 9.17) is 11.6 Å². The number of unbranched alkanes of at least 4 members (excludes halogenated alkanes) is 1. The summed E-state index contributed by atoms with van der Waals surface area (Å²) in [6, 6.07) is 26.3. The largest absolute Gasteiger partial charge is 1.00 e. The van der Waals surface area contributed by atoms with Gasteiger partial charge in [-0.1, -0.05) is 83.4 Å². The molecule has 0 N–H and O–H groups in total. The number of fused-ring (bicyclic) bond motifs is 2. The quantitative estimate of drug-likeness (QED) is 0.102. The number of carbonyl (C=O) groups is 1. The molecule has 0 saturated carbocycles. The molecule has 0 aliphatic rings. The minimum Gasteiger partial charge on any atom is -1.00 e. The molecule has 3 nitrogen and oxygen atoms in total. The fraction of sp³-hybridized carbons (Fsp3) is 0.324. The highest BCUT2D eigenvalue weighted by molar-refractivity contribution is 7.21. The molecule has 7 heteroatoms. The van der Waals surface area contributed by atoms with E-state index < -0.39 is 5.82 Å². The topological polar surface area (TPSA) is 20.3 Å². The molecule has 0 fully saturated rings. The molecule has 0 radical (unpaired) electrons. The molecule has 0 atom stereocenters. The zero-order valence-corrected chi connectivity index (χ0v) is 29.2. The number of quaternary nitrogens is 1. The van der Waals surface area contributed by atoms with E-state index >= 15 is 0 Å². The van der Waals surface area contributed by atoms with Crippen molar-refractivity contribution in [3.05, 3.63) is 117 Å². The van der Waals surface area contributed by atoms with Crippen molar-refractivity contribution in [2.75, 3.05) is 26.2 Å². The Balaban J connectivity index is 0.00000442. The van der Waals surface area contributed by atoms with Crippen LogP contribution in [0.3, 0.4) is 0 Å². The second kappa shape index (κ2) is 15.0. The number of carbonyl (C=O) groups excluding carboxylic acids is 1. The second-order valence-corrected chi connectivity index (χ2v) is 13.3. The van der Waals surface area contributed by atoms with Crippen molar-refractivity contribution in [3.8, 4) is 0 Å². The summed E-state index contributed by atoms with van der Waals surface area (Å²) in [6.45, 7) is 14.2. The lowest BCUT2D eigenvalue weighted by Gasteiger charge is -2.37. The summed E-state index contributed by atoms with van der Waals surface area (Å²) >= 11 is 7.94. The van der Waals surface area contributed by atoms with Crippen molar-refractivity contribution in [3.63, 3.8) is 0 Å². The van der Waals surface area contributed by atoms with Gasteiger partial charge in [-0.2, -0.15) is 0 Å². The number of amides is 1. The maximum absolute atomic E-state index is 14.6. The number of benzene rings is 4. The van der Waals surface area contributed by atoms with Crippen LogP contribution in [0.15, 0.2) is 78.9 Å². The average Bonchev–Trinajstić information content (AvgIpc) is 3.34. The first-order valence-corrected chi connectivity index (χ1v) is 16.5. The van der Waals surface area contributed by atoms with Crippen LogP contribution in [0.5, 0.6) is 0 Å². The first-order chi connectivity index (χ1) is 20.7. The Morgan fingerprint density at radius 3 is 2.25 bits per heavy atom. The molecule has 0 aliphatic heterocycles. The van der Waals surface area contributed by atoms with E-state index in [1.54, 1.807) is 6.07 Å². The van der Waals surface area contributed by atoms with Gasteiger partial charge in [0.2, 0.25) is 0 Å². The molecule has 0 bridgehead atoms. The standard InChI is InChI=1S/C37H41ClFN2OS.BrH/c1-5-41(6-2,25-29-21-26(3)20-27(4)22-29)19-10-9-18-40(24-28-16-17-30-12-7-8-13-31(30)23-28)37(42)36-35(38)34-32(39)14-11-15-33(34)43-36;/h7-8,11-17,20-23H,5-6,9-10,18-19,24-25H2,1-4H3;1H/q+1;/p-1. The van der Waals surface area contributed by atoms with Crippen LogP contribution in [-0.4, -0.2) is 41.5 Å². The van der Waals surface area contributed by atoms with Gasteiger partial charge in [0.05, 0.1) is 24.7 Å². The minimum atomic E-state index is -0.393. The van der Waals surface area contributed by atoms with Crippen molar-refractivity contribution >= 4 is 49.7 Å². The van der Waals surface area contributed by atoms with Gasteiger partial charge in [-0.05, 0) is 75.1 Å². The first-order valence-electron chi connectivity index (χ1n) is 15.3. The summed E-state index contributed by atoms with van der Waals surface area (Å²) < 4.78 is 16.4. The molecule has 1 heterocycles. The second-order valence-electron chi connectivity index (χ2n) is 11.8. The van der Waals surface area contributed by atoms with Gasteiger partial charge in [0, 0.05) is 28.7 Å². The molecule has 0 aliphatic carbocycles. The van der Waals surface area contributed by atoms with E-state index in [-0.39, 0.29) is 27.9 Å². The van der Waals surface area contributed by atoms with Crippen LogP contribution >= 0.6 is 22.9 Å². The Hall–Kier alpha value is -2.77. The third kappa shape index (κ3) is 7.71. The molecule has 4 aromatic carbocycles. The predicted molar refractivity (Wildman–Crippen MR) is 181 cm³/mol. The van der Waals surface area contributed by atoms with Gasteiger partial charge in [-0.15, -0.1) is 11.3 Å². The molecule has 1 amide bonds. The van der Waals surface area contributed by atoms with E-state index in [2.05, 4.69) is 76.2 Å². The Bertz CT molecular complexity index is 1730. The number of thiophene rings is 1. The average molecular weight is 696 g/mol. The number of halogens is 3. The Kier molecular flexibility index (Phi) is 11.6. The van der Waals surface area contributed by atoms with Crippen molar-refractivity contribution in [1.29, 1.82) is 0 Å². The summed E-state index contributed by atoms with van der Waals surface area (Å²) in [5.41, 5.74) is 5.07. The van der Waals surface area contributed by atoms with Crippen LogP contribution in [0.4, 0.5) is 4.39 Å². The third-order valence-corrected chi connectivity index (χ3v) is 10.4. The summed E-state index contributed by atoms with van der Waals surface area (Å²) in [5, 5.41) is 2.87. The van der Waals surface area contributed by atoms with Gasteiger partial charge in [0.25, 0.3) is 5.91 Å². The predicted octanol–water partition coefficient (Wildman–Crippen LogP) is 6.95. The third-order valence-electron chi connectivity index (χ3n) is 8.73. The number of hydrogen-bond donors (Lipinski definition) is 0. The summed E-state index contributed by atoms with van der Waals surface area (Å²) in [4.78, 5) is 16.4. The minimum absolute atomic E-state index is 0. The van der Waals surface area contributed by atoms with E-state index in [0.717, 1.165) is 54.5 Å². The van der Waals surface area contributed by atoms with Gasteiger partial charge in [0.15, 0.2) is 0 Å². The van der Waals surface area contributed by atoms with Gasteiger partial charge < -0.3 is 26.4 Å². The zero-order valence-electron chi connectivity index (χ0n) is 26.0. The van der Waals surface area contributed by atoms with Crippen molar-refractivity contribution in [2.45, 2.75) is 53.6 Å². The van der Waals surface area contributed by atoms with Gasteiger partial charge in [-0.3, -0.25) is 4.79 Å². The molecule has 232 valence electrons. The first kappa shape index (κ1) is 34.1. The Morgan fingerprint density at radius 2 is 1.57 bits per heavy atom. The van der Waals surface area contributed by atoms with Crippen molar-refractivity contribution in [2.24, 2.45) is 0 Å². The lowest BCUT2D eigenvalue weighted by atomic mass is 10.1.